The number of fused-ring (bicyclic) bond motifs is 1. The van der Waals surface area contributed by atoms with E-state index in [2.05, 4.69) is 23.2 Å². The summed E-state index contributed by atoms with van der Waals surface area (Å²) in [6, 6.07) is 13.6. The molecule has 0 saturated carbocycles. The summed E-state index contributed by atoms with van der Waals surface area (Å²) in [6.07, 6.45) is 7.57. The van der Waals surface area contributed by atoms with Crippen LogP contribution in [0.25, 0.3) is 0 Å². The number of nitrogens with two attached hydrogens (primary N) is 1. The van der Waals surface area contributed by atoms with Crippen LogP contribution in [0.5, 0.6) is 11.5 Å². The maximum atomic E-state index is 12.7. The Morgan fingerprint density at radius 1 is 1.34 bits per heavy atom. The summed E-state index contributed by atoms with van der Waals surface area (Å²) in [5, 5.41) is 3.00. The molecule has 3 rings (SSSR count). The SMILES string of the molecule is CCOc1cccc(N2CCOc3cc(C(=O)NCC(C)/C=C\C(=C/N)SC)ccc32)c1. The fraction of sp³-hybridized carbons (Fsp3) is 0.320. The lowest BCUT2D eigenvalue weighted by molar-refractivity contribution is 0.0950. The summed E-state index contributed by atoms with van der Waals surface area (Å²) in [5.74, 6) is 1.61. The van der Waals surface area contributed by atoms with E-state index < -0.39 is 0 Å². The molecule has 0 spiro atoms. The van der Waals surface area contributed by atoms with Gasteiger partial charge in [0.2, 0.25) is 0 Å². The van der Waals surface area contributed by atoms with Gasteiger partial charge in [-0.2, -0.15) is 0 Å². The molecule has 1 atom stereocenters. The van der Waals surface area contributed by atoms with Gasteiger partial charge in [0, 0.05) is 35.0 Å². The number of hydrogen-bond acceptors (Lipinski definition) is 6. The van der Waals surface area contributed by atoms with E-state index in [4.69, 9.17) is 15.2 Å². The van der Waals surface area contributed by atoms with Crippen molar-refractivity contribution in [2.24, 2.45) is 11.7 Å². The third-order valence-corrected chi connectivity index (χ3v) is 5.84. The molecule has 2 aromatic carbocycles. The summed E-state index contributed by atoms with van der Waals surface area (Å²) in [4.78, 5) is 15.9. The van der Waals surface area contributed by atoms with Gasteiger partial charge >= 0.3 is 0 Å². The number of nitrogens with zero attached hydrogens (tertiary/aromatic N) is 1. The lowest BCUT2D eigenvalue weighted by Crippen LogP contribution is -2.30. The largest absolute Gasteiger partial charge is 0.494 e. The van der Waals surface area contributed by atoms with Crippen LogP contribution in [0.15, 0.2) is 65.7 Å². The van der Waals surface area contributed by atoms with Crippen LogP contribution in [0, 0.1) is 5.92 Å². The Bertz CT molecular complexity index is 990. The van der Waals surface area contributed by atoms with Crippen molar-refractivity contribution in [2.75, 3.05) is 37.5 Å². The monoisotopic (exact) mass is 453 g/mol. The van der Waals surface area contributed by atoms with Gasteiger partial charge in [-0.1, -0.05) is 25.1 Å². The molecule has 0 fully saturated rings. The van der Waals surface area contributed by atoms with Crippen LogP contribution < -0.4 is 25.4 Å². The Morgan fingerprint density at radius 2 is 2.19 bits per heavy atom. The van der Waals surface area contributed by atoms with Crippen molar-refractivity contribution in [3.8, 4) is 11.5 Å². The van der Waals surface area contributed by atoms with Gasteiger partial charge in [0.25, 0.3) is 5.91 Å². The molecule has 32 heavy (non-hydrogen) atoms. The van der Waals surface area contributed by atoms with Crippen molar-refractivity contribution in [2.45, 2.75) is 13.8 Å². The Labute approximate surface area is 194 Å². The molecule has 170 valence electrons. The van der Waals surface area contributed by atoms with Crippen molar-refractivity contribution in [3.05, 3.63) is 71.3 Å². The fourth-order valence-corrected chi connectivity index (χ4v) is 3.76. The molecule has 0 bridgehead atoms. The lowest BCUT2D eigenvalue weighted by atomic mass is 10.1. The number of allylic oxidation sites excluding steroid dienone is 1. The normalized spacial score (nSPS) is 14.6. The second-order valence-electron chi connectivity index (χ2n) is 7.43. The van der Waals surface area contributed by atoms with E-state index in [1.54, 1.807) is 18.0 Å². The van der Waals surface area contributed by atoms with Crippen molar-refractivity contribution < 1.29 is 14.3 Å². The highest BCUT2D eigenvalue weighted by Gasteiger charge is 2.21. The number of carbonyl (C=O) groups excluding carboxylic acids is 1. The van der Waals surface area contributed by atoms with Crippen LogP contribution in [-0.4, -0.2) is 38.5 Å². The van der Waals surface area contributed by atoms with Crippen molar-refractivity contribution in [1.82, 2.24) is 5.32 Å². The molecule has 3 N–H and O–H groups in total. The standard InChI is InChI=1S/C25H31N3O3S/c1-4-30-21-7-5-6-20(15-21)28-12-13-31-24-14-19(9-11-23(24)28)25(29)27-17-18(2)8-10-22(16-26)32-3/h5-11,14-16,18H,4,12-13,17,26H2,1-3H3,(H,27,29)/b10-8-,22-16+. The summed E-state index contributed by atoms with van der Waals surface area (Å²) in [7, 11) is 0. The van der Waals surface area contributed by atoms with Crippen LogP contribution in [0.4, 0.5) is 11.4 Å². The van der Waals surface area contributed by atoms with Gasteiger partial charge in [-0.05, 0) is 49.4 Å². The molecule has 0 radical (unpaired) electrons. The van der Waals surface area contributed by atoms with Crippen LogP contribution in [-0.2, 0) is 0 Å². The van der Waals surface area contributed by atoms with E-state index in [0.717, 1.165) is 28.6 Å². The highest BCUT2D eigenvalue weighted by Crippen LogP contribution is 2.38. The minimum Gasteiger partial charge on any atom is -0.494 e. The Morgan fingerprint density at radius 3 is 2.94 bits per heavy atom. The minimum atomic E-state index is -0.119. The average Bonchev–Trinajstić information content (AvgIpc) is 2.82. The Hall–Kier alpha value is -3.06. The highest BCUT2D eigenvalue weighted by molar-refractivity contribution is 8.02. The van der Waals surface area contributed by atoms with E-state index in [1.165, 1.54) is 0 Å². The van der Waals surface area contributed by atoms with Crippen molar-refractivity contribution in [3.63, 3.8) is 0 Å². The summed E-state index contributed by atoms with van der Waals surface area (Å²) in [5.41, 5.74) is 8.12. The topological polar surface area (TPSA) is 76.8 Å². The fourth-order valence-electron chi connectivity index (χ4n) is 3.41. The summed E-state index contributed by atoms with van der Waals surface area (Å²) in [6.45, 7) is 6.46. The molecule has 6 nitrogen and oxygen atoms in total. The van der Waals surface area contributed by atoms with Crippen molar-refractivity contribution in [1.29, 1.82) is 0 Å². The molecule has 7 heteroatoms. The number of rotatable bonds is 9. The molecule has 2 aromatic rings. The molecule has 1 aliphatic rings. The zero-order valence-electron chi connectivity index (χ0n) is 18.8. The molecule has 0 aliphatic carbocycles. The van der Waals surface area contributed by atoms with E-state index in [1.807, 2.05) is 61.7 Å². The second kappa shape index (κ2) is 11.5. The summed E-state index contributed by atoms with van der Waals surface area (Å²) >= 11 is 1.58. The molecule has 1 heterocycles. The van der Waals surface area contributed by atoms with Gasteiger partial charge in [-0.15, -0.1) is 11.8 Å². The van der Waals surface area contributed by atoms with Gasteiger partial charge < -0.3 is 25.4 Å². The van der Waals surface area contributed by atoms with Crippen LogP contribution >= 0.6 is 11.8 Å². The van der Waals surface area contributed by atoms with Gasteiger partial charge in [-0.25, -0.2) is 0 Å². The van der Waals surface area contributed by atoms with E-state index in [0.29, 0.717) is 31.1 Å². The molecular formula is C25H31N3O3S. The van der Waals surface area contributed by atoms with E-state index >= 15 is 0 Å². The van der Waals surface area contributed by atoms with Crippen LogP contribution in [0.2, 0.25) is 0 Å². The lowest BCUT2D eigenvalue weighted by Gasteiger charge is -2.31. The molecule has 0 aromatic heterocycles. The molecular weight excluding hydrogens is 422 g/mol. The van der Waals surface area contributed by atoms with E-state index in [-0.39, 0.29) is 11.8 Å². The predicted molar refractivity (Wildman–Crippen MR) is 133 cm³/mol. The smallest absolute Gasteiger partial charge is 0.251 e. The quantitative estimate of drug-likeness (QED) is 0.536. The molecule has 0 saturated heterocycles. The summed E-state index contributed by atoms with van der Waals surface area (Å²) < 4.78 is 11.5. The molecule has 1 unspecified atom stereocenters. The third-order valence-electron chi connectivity index (χ3n) is 5.10. The van der Waals surface area contributed by atoms with Gasteiger partial charge in [-0.3, -0.25) is 4.79 Å². The Kier molecular flexibility index (Phi) is 8.50. The number of hydrogen-bond donors (Lipinski definition) is 2. The second-order valence-corrected chi connectivity index (χ2v) is 8.31. The third kappa shape index (κ3) is 6.01. The molecule has 1 aliphatic heterocycles. The van der Waals surface area contributed by atoms with Crippen molar-refractivity contribution >= 4 is 29.0 Å². The average molecular weight is 454 g/mol. The number of thioether (sulfide) groups is 1. The van der Waals surface area contributed by atoms with Gasteiger partial charge in [0.1, 0.15) is 18.1 Å². The maximum absolute atomic E-state index is 12.7. The number of amides is 1. The first-order valence-corrected chi connectivity index (χ1v) is 12.0. The maximum Gasteiger partial charge on any atom is 0.251 e. The highest BCUT2D eigenvalue weighted by atomic mass is 32.2. The minimum absolute atomic E-state index is 0.119. The molecule has 1 amide bonds. The van der Waals surface area contributed by atoms with Gasteiger partial charge in [0.15, 0.2) is 0 Å². The first-order valence-electron chi connectivity index (χ1n) is 10.7. The number of carbonyl (C=O) groups is 1. The predicted octanol–water partition coefficient (Wildman–Crippen LogP) is 4.70. The number of nitrogens with one attached hydrogen (secondary N) is 1. The van der Waals surface area contributed by atoms with Gasteiger partial charge in [0.05, 0.1) is 18.8 Å². The number of ether oxygens (including phenoxy) is 2. The Balaban J connectivity index is 1.68. The first kappa shape index (κ1) is 23.6. The zero-order chi connectivity index (χ0) is 22.9. The number of anilines is 2. The van der Waals surface area contributed by atoms with Crippen LogP contribution in [0.3, 0.4) is 0 Å². The van der Waals surface area contributed by atoms with E-state index in [9.17, 15) is 4.79 Å². The number of benzene rings is 2. The first-order chi connectivity index (χ1) is 15.5. The van der Waals surface area contributed by atoms with Crippen LogP contribution in [0.1, 0.15) is 24.2 Å². The zero-order valence-corrected chi connectivity index (χ0v) is 19.7.